The van der Waals surface area contributed by atoms with Crippen LogP contribution in [0.2, 0.25) is 0 Å². The average molecular weight is 705 g/mol. The number of thiophene rings is 1. The van der Waals surface area contributed by atoms with E-state index in [1.165, 1.54) is 29.2 Å². The summed E-state index contributed by atoms with van der Waals surface area (Å²) < 4.78 is 134. The Kier molecular flexibility index (Phi) is 9.11. The van der Waals surface area contributed by atoms with Crippen molar-refractivity contribution in [2.45, 2.75) is 28.2 Å². The molecule has 1 N–H and O–H groups in total. The van der Waals surface area contributed by atoms with Crippen LogP contribution in [0, 0.1) is 10.1 Å². The molecule has 0 amide bonds. The molecular formula is C23H22F6N6O7S3. The molecule has 0 aliphatic carbocycles. The van der Waals surface area contributed by atoms with E-state index in [1.807, 2.05) is 0 Å². The van der Waals surface area contributed by atoms with Crippen LogP contribution in [-0.2, 0) is 25.6 Å². The summed E-state index contributed by atoms with van der Waals surface area (Å²) in [5, 5.41) is 20.3. The van der Waals surface area contributed by atoms with E-state index in [0.29, 0.717) is 11.3 Å². The van der Waals surface area contributed by atoms with Crippen LogP contribution < -0.4 is 9.21 Å². The molecule has 0 bridgehead atoms. The number of para-hydroxylation sites is 1. The summed E-state index contributed by atoms with van der Waals surface area (Å²) in [7, 11) is -8.43. The number of piperazine rings is 1. The highest BCUT2D eigenvalue weighted by molar-refractivity contribution is 7.92. The fourth-order valence-corrected chi connectivity index (χ4v) is 8.18. The van der Waals surface area contributed by atoms with Crippen molar-refractivity contribution in [1.29, 1.82) is 0 Å². The molecule has 0 saturated carbocycles. The quantitative estimate of drug-likeness (QED) is 0.199. The van der Waals surface area contributed by atoms with Crippen LogP contribution in [0.5, 0.6) is 0 Å². The Morgan fingerprint density at radius 3 is 2.07 bits per heavy atom. The zero-order valence-electron chi connectivity index (χ0n) is 22.7. The number of nitro groups is 1. The number of rotatable bonds is 9. The van der Waals surface area contributed by atoms with Crippen LogP contribution in [-0.4, -0.2) is 92.0 Å². The summed E-state index contributed by atoms with van der Waals surface area (Å²) in [5.74, 6) is -0.485. The fourth-order valence-electron chi connectivity index (χ4n) is 4.50. The Labute approximate surface area is 255 Å². The first-order valence-corrected chi connectivity index (χ1v) is 16.5. The minimum absolute atomic E-state index is 0.125. The number of aromatic nitrogens is 2. The lowest BCUT2D eigenvalue weighted by Crippen LogP contribution is -2.59. The van der Waals surface area contributed by atoms with E-state index in [2.05, 4.69) is 9.97 Å². The maximum atomic E-state index is 13.4. The summed E-state index contributed by atoms with van der Waals surface area (Å²) >= 11 is 0.382. The van der Waals surface area contributed by atoms with Crippen molar-refractivity contribution in [1.82, 2.24) is 14.3 Å². The lowest BCUT2D eigenvalue weighted by molar-refractivity contribution is -0.380. The number of halogens is 6. The van der Waals surface area contributed by atoms with Gasteiger partial charge in [-0.2, -0.15) is 30.6 Å². The predicted molar refractivity (Wildman–Crippen MR) is 148 cm³/mol. The van der Waals surface area contributed by atoms with Gasteiger partial charge in [0.25, 0.3) is 15.6 Å². The molecule has 0 radical (unpaired) electrons. The van der Waals surface area contributed by atoms with Crippen LogP contribution >= 0.6 is 11.3 Å². The third-order valence-corrected chi connectivity index (χ3v) is 11.3. The van der Waals surface area contributed by atoms with Gasteiger partial charge in [0.2, 0.25) is 16.0 Å². The first-order chi connectivity index (χ1) is 20.7. The highest BCUT2D eigenvalue weighted by Gasteiger charge is 2.71. The van der Waals surface area contributed by atoms with Crippen molar-refractivity contribution in [2.24, 2.45) is 0 Å². The van der Waals surface area contributed by atoms with Crippen molar-refractivity contribution >= 4 is 48.0 Å². The molecule has 1 aliphatic heterocycles. The molecule has 1 atom stereocenters. The lowest BCUT2D eigenvalue weighted by Gasteiger charge is -2.42. The van der Waals surface area contributed by atoms with E-state index in [-0.39, 0.29) is 35.4 Å². The van der Waals surface area contributed by atoms with Gasteiger partial charge < -0.3 is 10.0 Å². The molecule has 13 nitrogen and oxygen atoms in total. The zero-order valence-corrected chi connectivity index (χ0v) is 25.1. The number of hydrogen-bond acceptors (Lipinski definition) is 11. The van der Waals surface area contributed by atoms with Gasteiger partial charge in [-0.05, 0) is 29.5 Å². The Balaban J connectivity index is 1.75. The molecule has 1 fully saturated rings. The first kappa shape index (κ1) is 34.3. The normalized spacial score (nSPS) is 17.3. The van der Waals surface area contributed by atoms with Gasteiger partial charge >= 0.3 is 17.4 Å². The van der Waals surface area contributed by atoms with Crippen LogP contribution in [0.4, 0.5) is 43.0 Å². The molecule has 1 saturated heterocycles. The third-order valence-electron chi connectivity index (χ3n) is 6.74. The summed E-state index contributed by atoms with van der Waals surface area (Å²) in [4.78, 5) is 18.7. The van der Waals surface area contributed by atoms with Crippen LogP contribution in [0.1, 0.15) is 5.56 Å². The number of sulfonamides is 2. The zero-order chi connectivity index (χ0) is 33.6. The van der Waals surface area contributed by atoms with E-state index < -0.39 is 78.6 Å². The minimum Gasteiger partial charge on any atom is -0.369 e. The number of anilines is 2. The van der Waals surface area contributed by atoms with E-state index in [1.54, 1.807) is 6.07 Å². The molecule has 2 aromatic heterocycles. The summed E-state index contributed by atoms with van der Waals surface area (Å²) in [6.45, 7) is -1.66. The standard InChI is InChI=1S/C23H22F6N6O7S3/c1-44(39,40)34(16-5-3-2-4-6-16)14-17-13-32(45(41,42)19-8-7-18(43-19)35(37)38)9-10-33(17)20-30-11-15(12-31-20)21(36,22(24,25)26)23(27,28)29/h2-8,11-12,17,36H,9-10,13-14H2,1H3/t17-/m1/s1. The maximum absolute atomic E-state index is 13.4. The molecule has 0 unspecified atom stereocenters. The van der Waals surface area contributed by atoms with Crippen molar-refractivity contribution in [3.63, 3.8) is 0 Å². The van der Waals surface area contributed by atoms with Gasteiger partial charge in [0.15, 0.2) is 0 Å². The minimum atomic E-state index is -6.19. The van der Waals surface area contributed by atoms with E-state index in [0.717, 1.165) is 27.0 Å². The Bertz CT molecular complexity index is 1740. The Morgan fingerprint density at radius 1 is 1.00 bits per heavy atom. The second-order valence-electron chi connectivity index (χ2n) is 9.67. The SMILES string of the molecule is CS(=O)(=O)N(C[C@H]1CN(S(=O)(=O)c2ccc([N+](=O)[O-])s2)CCN1c1ncc(C(O)(C(F)(F)F)C(F)(F)F)cn1)c1ccccc1. The van der Waals surface area contributed by atoms with Crippen molar-refractivity contribution in [3.05, 3.63) is 70.5 Å². The second kappa shape index (κ2) is 12.0. The number of hydrogen-bond donors (Lipinski definition) is 1. The van der Waals surface area contributed by atoms with Crippen LogP contribution in [0.3, 0.4) is 0 Å². The molecular weight excluding hydrogens is 682 g/mol. The average Bonchev–Trinajstić information content (AvgIpc) is 3.46. The van der Waals surface area contributed by atoms with Gasteiger partial charge in [-0.1, -0.05) is 18.2 Å². The monoisotopic (exact) mass is 704 g/mol. The molecule has 3 heterocycles. The van der Waals surface area contributed by atoms with E-state index >= 15 is 0 Å². The molecule has 22 heteroatoms. The molecule has 0 spiro atoms. The Morgan fingerprint density at radius 2 is 1.58 bits per heavy atom. The van der Waals surface area contributed by atoms with Gasteiger partial charge in [-0.25, -0.2) is 26.8 Å². The molecule has 4 rings (SSSR count). The van der Waals surface area contributed by atoms with Crippen LogP contribution in [0.15, 0.2) is 59.1 Å². The van der Waals surface area contributed by atoms with Gasteiger partial charge in [-0.15, -0.1) is 0 Å². The third kappa shape index (κ3) is 6.68. The lowest BCUT2D eigenvalue weighted by atomic mass is 9.95. The van der Waals surface area contributed by atoms with Crippen molar-refractivity contribution < 1.29 is 53.2 Å². The number of nitrogens with zero attached hydrogens (tertiary/aromatic N) is 6. The van der Waals surface area contributed by atoms with Gasteiger partial charge in [0.1, 0.15) is 4.21 Å². The van der Waals surface area contributed by atoms with Gasteiger partial charge in [0.05, 0.1) is 29.5 Å². The topological polar surface area (TPSA) is 167 Å². The molecule has 45 heavy (non-hydrogen) atoms. The summed E-state index contributed by atoms with van der Waals surface area (Å²) in [6, 6.07) is 8.36. The van der Waals surface area contributed by atoms with Crippen molar-refractivity contribution in [2.75, 3.05) is 41.6 Å². The molecule has 246 valence electrons. The maximum Gasteiger partial charge on any atom is 0.430 e. The van der Waals surface area contributed by atoms with E-state index in [4.69, 9.17) is 0 Å². The van der Waals surface area contributed by atoms with Crippen molar-refractivity contribution in [3.8, 4) is 0 Å². The Hall–Kier alpha value is -3.60. The molecule has 1 aliphatic rings. The number of alkyl halides is 6. The van der Waals surface area contributed by atoms with Crippen LogP contribution in [0.25, 0.3) is 0 Å². The highest BCUT2D eigenvalue weighted by atomic mass is 32.2. The van der Waals surface area contributed by atoms with E-state index in [9.17, 15) is 58.4 Å². The fraction of sp³-hybridized carbons (Fsp3) is 0.391. The molecule has 1 aromatic carbocycles. The first-order valence-electron chi connectivity index (χ1n) is 12.4. The summed E-state index contributed by atoms with van der Waals surface area (Å²) in [6.07, 6.45) is -11.3. The largest absolute Gasteiger partial charge is 0.430 e. The van der Waals surface area contributed by atoms with Gasteiger partial charge in [0, 0.05) is 43.7 Å². The smallest absolute Gasteiger partial charge is 0.369 e. The highest BCUT2D eigenvalue weighted by Crippen LogP contribution is 2.49. The van der Waals surface area contributed by atoms with Gasteiger partial charge in [-0.3, -0.25) is 14.4 Å². The summed E-state index contributed by atoms with van der Waals surface area (Å²) in [5.41, 5.74) is -6.87. The number of aliphatic hydroxyl groups is 1. The number of benzene rings is 1. The predicted octanol–water partition coefficient (Wildman–Crippen LogP) is 3.10. The molecule has 3 aromatic rings. The second-order valence-corrected chi connectivity index (χ2v) is 14.8.